The van der Waals surface area contributed by atoms with Crippen molar-refractivity contribution in [1.29, 1.82) is 0 Å². The maximum atomic E-state index is 12.6. The number of amides is 1. The molecule has 0 aliphatic carbocycles. The zero-order chi connectivity index (χ0) is 23.4. The van der Waals surface area contributed by atoms with Crippen LogP contribution in [0.5, 0.6) is 0 Å². The van der Waals surface area contributed by atoms with Gasteiger partial charge in [0.2, 0.25) is 0 Å². The summed E-state index contributed by atoms with van der Waals surface area (Å²) in [4.78, 5) is 37.5. The number of nitrogens with zero attached hydrogens (tertiary/aromatic N) is 2. The molecule has 0 fully saturated rings. The number of anilines is 1. The highest BCUT2D eigenvalue weighted by molar-refractivity contribution is 7.99. The van der Waals surface area contributed by atoms with Crippen molar-refractivity contribution >= 4 is 40.7 Å². The number of benzene rings is 3. The Hall–Kier alpha value is -3.68. The molecule has 0 unspecified atom stereocenters. The van der Waals surface area contributed by atoms with Gasteiger partial charge >= 0.3 is 0 Å². The molecule has 0 spiro atoms. The molecule has 0 aliphatic rings. The largest absolute Gasteiger partial charge is 0.322 e. The third kappa shape index (κ3) is 5.58. The van der Waals surface area contributed by atoms with Gasteiger partial charge in [0, 0.05) is 32.8 Å². The van der Waals surface area contributed by atoms with Crippen molar-refractivity contribution in [2.45, 2.75) is 16.8 Å². The fourth-order valence-corrected chi connectivity index (χ4v) is 3.93. The summed E-state index contributed by atoms with van der Waals surface area (Å²) in [7, 11) is 0. The van der Waals surface area contributed by atoms with Crippen LogP contribution in [0.15, 0.2) is 99.6 Å². The fraction of sp³-hybridized carbons (Fsp3) is 0.0400. The summed E-state index contributed by atoms with van der Waals surface area (Å²) in [6.45, 7) is 1.47. The minimum absolute atomic E-state index is 0.0788. The predicted molar refractivity (Wildman–Crippen MR) is 130 cm³/mol. The Morgan fingerprint density at radius 3 is 2.33 bits per heavy atom. The Bertz CT molecular complexity index is 1380. The summed E-state index contributed by atoms with van der Waals surface area (Å²) in [6, 6.07) is 23.8. The van der Waals surface area contributed by atoms with Gasteiger partial charge in [-0.15, -0.1) is 0 Å². The van der Waals surface area contributed by atoms with E-state index in [1.54, 1.807) is 66.7 Å². The summed E-state index contributed by atoms with van der Waals surface area (Å²) in [5, 5.41) is 8.50. The van der Waals surface area contributed by atoms with Gasteiger partial charge in [-0.25, -0.2) is 0 Å². The van der Waals surface area contributed by atoms with E-state index < -0.39 is 0 Å². The molecular formula is C25H18ClN3O3S. The maximum absolute atomic E-state index is 12.6. The van der Waals surface area contributed by atoms with Crippen LogP contribution in [0.25, 0.3) is 5.69 Å². The monoisotopic (exact) mass is 475 g/mol. The summed E-state index contributed by atoms with van der Waals surface area (Å²) in [6.07, 6.45) is 0. The lowest BCUT2D eigenvalue weighted by atomic mass is 10.1. The third-order valence-electron chi connectivity index (χ3n) is 4.71. The summed E-state index contributed by atoms with van der Waals surface area (Å²) in [5.41, 5.74) is 1.71. The molecule has 1 aromatic heterocycles. The summed E-state index contributed by atoms with van der Waals surface area (Å²) in [5.74, 6) is -0.403. The fourth-order valence-electron chi connectivity index (χ4n) is 3.03. The molecular weight excluding hydrogens is 458 g/mol. The molecule has 0 atom stereocenters. The highest BCUT2D eigenvalue weighted by Crippen LogP contribution is 2.26. The smallest absolute Gasteiger partial charge is 0.271 e. The van der Waals surface area contributed by atoms with Gasteiger partial charge in [-0.3, -0.25) is 14.4 Å². The average Bonchev–Trinajstić information content (AvgIpc) is 2.82. The van der Waals surface area contributed by atoms with Crippen LogP contribution in [0.2, 0.25) is 5.02 Å². The average molecular weight is 476 g/mol. The van der Waals surface area contributed by atoms with Crippen LogP contribution < -0.4 is 10.9 Å². The van der Waals surface area contributed by atoms with Crippen molar-refractivity contribution in [2.24, 2.45) is 0 Å². The summed E-state index contributed by atoms with van der Waals surface area (Å²) < 4.78 is 1.29. The Balaban J connectivity index is 1.52. The summed E-state index contributed by atoms with van der Waals surface area (Å²) >= 11 is 7.34. The van der Waals surface area contributed by atoms with E-state index in [2.05, 4.69) is 10.4 Å². The number of aromatic nitrogens is 2. The normalized spacial score (nSPS) is 10.6. The van der Waals surface area contributed by atoms with Crippen molar-refractivity contribution in [3.8, 4) is 5.69 Å². The van der Waals surface area contributed by atoms with Crippen molar-refractivity contribution in [3.05, 3.63) is 111 Å². The van der Waals surface area contributed by atoms with E-state index in [-0.39, 0.29) is 17.2 Å². The van der Waals surface area contributed by atoms with Crippen LogP contribution in [0.4, 0.5) is 5.69 Å². The Morgan fingerprint density at radius 1 is 0.909 bits per heavy atom. The molecule has 0 radical (unpaired) electrons. The number of Topliss-reactive ketones (excluding diaryl/α,β-unsaturated/α-hetero) is 1. The molecule has 1 heterocycles. The van der Waals surface area contributed by atoms with E-state index in [9.17, 15) is 14.4 Å². The van der Waals surface area contributed by atoms with Crippen molar-refractivity contribution < 1.29 is 9.59 Å². The molecule has 164 valence electrons. The van der Waals surface area contributed by atoms with E-state index in [1.165, 1.54) is 29.4 Å². The molecule has 1 amide bonds. The van der Waals surface area contributed by atoms with Crippen LogP contribution in [-0.4, -0.2) is 21.5 Å². The molecule has 1 N–H and O–H groups in total. The van der Waals surface area contributed by atoms with Gasteiger partial charge in [0.05, 0.1) is 5.69 Å². The number of hydrogen-bond donors (Lipinski definition) is 1. The minimum Gasteiger partial charge on any atom is -0.322 e. The highest BCUT2D eigenvalue weighted by Gasteiger charge is 2.10. The lowest BCUT2D eigenvalue weighted by molar-refractivity contribution is 0.101. The zero-order valence-electron chi connectivity index (χ0n) is 17.5. The quantitative estimate of drug-likeness (QED) is 0.373. The Morgan fingerprint density at radius 2 is 1.64 bits per heavy atom. The van der Waals surface area contributed by atoms with Crippen molar-refractivity contribution in [1.82, 2.24) is 9.78 Å². The van der Waals surface area contributed by atoms with Gasteiger partial charge < -0.3 is 5.32 Å². The van der Waals surface area contributed by atoms with Crippen LogP contribution >= 0.6 is 23.4 Å². The molecule has 4 aromatic rings. The molecule has 0 aliphatic heterocycles. The van der Waals surface area contributed by atoms with Crippen molar-refractivity contribution in [3.63, 3.8) is 0 Å². The zero-order valence-corrected chi connectivity index (χ0v) is 19.1. The number of halogens is 1. The topological polar surface area (TPSA) is 81.1 Å². The van der Waals surface area contributed by atoms with Gasteiger partial charge in [0.1, 0.15) is 5.03 Å². The lowest BCUT2D eigenvalue weighted by Gasteiger charge is -2.09. The maximum Gasteiger partial charge on any atom is 0.271 e. The molecule has 0 saturated carbocycles. The first-order chi connectivity index (χ1) is 15.9. The first-order valence-electron chi connectivity index (χ1n) is 9.96. The van der Waals surface area contributed by atoms with Gasteiger partial charge in [0.15, 0.2) is 5.78 Å². The third-order valence-corrected chi connectivity index (χ3v) is 5.90. The van der Waals surface area contributed by atoms with Gasteiger partial charge in [-0.2, -0.15) is 9.78 Å². The van der Waals surface area contributed by atoms with Crippen LogP contribution in [0, 0.1) is 0 Å². The van der Waals surface area contributed by atoms with E-state index >= 15 is 0 Å². The number of ketones is 1. The molecule has 6 nitrogen and oxygen atoms in total. The Kier molecular flexibility index (Phi) is 6.72. The van der Waals surface area contributed by atoms with Crippen LogP contribution in [-0.2, 0) is 0 Å². The lowest BCUT2D eigenvalue weighted by Crippen LogP contribution is -2.20. The molecule has 8 heteroatoms. The van der Waals surface area contributed by atoms with E-state index in [0.717, 1.165) is 4.90 Å². The molecule has 33 heavy (non-hydrogen) atoms. The SMILES string of the molecule is CC(=O)c1cccc(NC(=O)c2ccc(-n3nc(Sc4ccc(Cl)cc4)ccc3=O)cc2)c1. The molecule has 4 rings (SSSR count). The van der Waals surface area contributed by atoms with Gasteiger partial charge in [-0.1, -0.05) is 35.5 Å². The number of hydrogen-bond acceptors (Lipinski definition) is 5. The number of carbonyl (C=O) groups is 2. The molecule has 0 saturated heterocycles. The first-order valence-corrected chi connectivity index (χ1v) is 11.1. The number of nitrogens with one attached hydrogen (secondary N) is 1. The standard InChI is InChI=1S/C25H18ClN3O3S/c1-16(30)18-3-2-4-20(15-18)27-25(32)17-5-9-21(10-6-17)29-24(31)14-13-23(28-29)33-22-11-7-19(26)8-12-22/h2-15H,1H3,(H,27,32). The second-order valence-corrected chi connectivity index (χ2v) is 8.65. The second kappa shape index (κ2) is 9.85. The Labute approximate surface area is 199 Å². The van der Waals surface area contributed by atoms with Crippen molar-refractivity contribution in [2.75, 3.05) is 5.32 Å². The van der Waals surface area contributed by atoms with E-state index in [1.807, 2.05) is 12.1 Å². The number of carbonyl (C=O) groups excluding carboxylic acids is 2. The van der Waals surface area contributed by atoms with Crippen LogP contribution in [0.3, 0.4) is 0 Å². The van der Waals surface area contributed by atoms with Gasteiger partial charge in [-0.05, 0) is 73.7 Å². The first kappa shape index (κ1) is 22.5. The second-order valence-electron chi connectivity index (χ2n) is 7.12. The van der Waals surface area contributed by atoms with Crippen LogP contribution in [0.1, 0.15) is 27.6 Å². The molecule has 0 bridgehead atoms. The van der Waals surface area contributed by atoms with Gasteiger partial charge in [0.25, 0.3) is 11.5 Å². The highest BCUT2D eigenvalue weighted by atomic mass is 35.5. The number of rotatable bonds is 6. The minimum atomic E-state index is -0.324. The van der Waals surface area contributed by atoms with E-state index in [0.29, 0.717) is 32.6 Å². The predicted octanol–water partition coefficient (Wildman–Crippen LogP) is 5.49. The van der Waals surface area contributed by atoms with E-state index in [4.69, 9.17) is 11.6 Å². The molecule has 3 aromatic carbocycles.